The molecule has 4 aliphatic rings. The standard InChI is InChI=1S/C19H31N3O4S/c1-12-10-22(11-14-8-13(2)20-26-14)18(23)17-9-15(4-5-16(12)17)27(24,25)21-19(3)6-7-19/h10,13-17,20-21H,4-9,11H2,1-3H3. The number of amides is 1. The summed E-state index contributed by atoms with van der Waals surface area (Å²) in [5.74, 6) is -0.0336. The monoisotopic (exact) mass is 397 g/mol. The van der Waals surface area contributed by atoms with Gasteiger partial charge < -0.3 is 4.90 Å². The molecule has 5 unspecified atom stereocenters. The Hall–Kier alpha value is -0.960. The normalized spacial score (nSPS) is 38.5. The van der Waals surface area contributed by atoms with E-state index in [1.807, 2.05) is 13.1 Å². The zero-order valence-electron chi connectivity index (χ0n) is 16.4. The minimum atomic E-state index is -3.39. The van der Waals surface area contributed by atoms with Crippen molar-refractivity contribution in [2.45, 2.75) is 82.2 Å². The maximum absolute atomic E-state index is 13.1. The van der Waals surface area contributed by atoms with E-state index in [1.54, 1.807) is 4.90 Å². The predicted molar refractivity (Wildman–Crippen MR) is 102 cm³/mol. The van der Waals surface area contributed by atoms with Gasteiger partial charge in [0.05, 0.1) is 17.9 Å². The molecular weight excluding hydrogens is 366 g/mol. The van der Waals surface area contributed by atoms with E-state index in [0.717, 1.165) is 25.7 Å². The topological polar surface area (TPSA) is 87.7 Å². The first-order valence-corrected chi connectivity index (χ1v) is 11.6. The van der Waals surface area contributed by atoms with Crippen LogP contribution in [0.3, 0.4) is 0 Å². The molecule has 1 amide bonds. The zero-order chi connectivity index (χ0) is 19.4. The molecular formula is C19H31N3O4S. The highest BCUT2D eigenvalue weighted by molar-refractivity contribution is 7.90. The fourth-order valence-electron chi connectivity index (χ4n) is 4.74. The highest BCUT2D eigenvalue weighted by Crippen LogP contribution is 2.43. The summed E-state index contributed by atoms with van der Waals surface area (Å²) in [6.07, 6.45) is 6.38. The molecule has 2 heterocycles. The number of fused-ring (bicyclic) bond motifs is 1. The Morgan fingerprint density at radius 2 is 2.04 bits per heavy atom. The first-order chi connectivity index (χ1) is 12.7. The van der Waals surface area contributed by atoms with Gasteiger partial charge in [0, 0.05) is 23.7 Å². The van der Waals surface area contributed by atoms with Gasteiger partial charge in [0.25, 0.3) is 0 Å². The Kier molecular flexibility index (Phi) is 4.90. The fourth-order valence-corrected chi connectivity index (χ4v) is 6.71. The van der Waals surface area contributed by atoms with Crippen molar-refractivity contribution in [1.29, 1.82) is 0 Å². The second-order valence-electron chi connectivity index (χ2n) is 9.21. The van der Waals surface area contributed by atoms with Crippen LogP contribution in [0.2, 0.25) is 0 Å². The van der Waals surface area contributed by atoms with Gasteiger partial charge in [0.2, 0.25) is 15.9 Å². The van der Waals surface area contributed by atoms with Crippen molar-refractivity contribution in [3.05, 3.63) is 11.8 Å². The molecule has 0 spiro atoms. The van der Waals surface area contributed by atoms with Crippen LogP contribution in [-0.4, -0.2) is 48.7 Å². The van der Waals surface area contributed by atoms with Gasteiger partial charge in [-0.1, -0.05) is 5.57 Å². The van der Waals surface area contributed by atoms with Crippen LogP contribution in [0.1, 0.15) is 59.3 Å². The summed E-state index contributed by atoms with van der Waals surface area (Å²) >= 11 is 0. The molecule has 7 nitrogen and oxygen atoms in total. The lowest BCUT2D eigenvalue weighted by atomic mass is 9.73. The molecule has 3 fully saturated rings. The molecule has 8 heteroatoms. The van der Waals surface area contributed by atoms with E-state index in [1.165, 1.54) is 5.57 Å². The van der Waals surface area contributed by atoms with Crippen LogP contribution < -0.4 is 10.2 Å². The number of nitrogens with zero attached hydrogens (tertiary/aromatic N) is 1. The van der Waals surface area contributed by atoms with Gasteiger partial charge >= 0.3 is 0 Å². The van der Waals surface area contributed by atoms with Crippen LogP contribution in [0, 0.1) is 11.8 Å². The van der Waals surface area contributed by atoms with Gasteiger partial charge in [-0.25, -0.2) is 13.1 Å². The first kappa shape index (κ1) is 19.4. The number of hydrogen-bond donors (Lipinski definition) is 2. The van der Waals surface area contributed by atoms with Crippen LogP contribution in [0.15, 0.2) is 11.8 Å². The van der Waals surface area contributed by atoms with E-state index in [2.05, 4.69) is 24.0 Å². The Morgan fingerprint density at radius 1 is 1.30 bits per heavy atom. The number of carbonyl (C=O) groups excluding carboxylic acids is 1. The van der Waals surface area contributed by atoms with Gasteiger partial charge in [-0.15, -0.1) is 0 Å². The fraction of sp³-hybridized carbons (Fsp3) is 0.842. The molecule has 0 bridgehead atoms. The van der Waals surface area contributed by atoms with Gasteiger partial charge in [-0.3, -0.25) is 9.63 Å². The minimum absolute atomic E-state index is 0.0239. The number of hydroxylamine groups is 1. The van der Waals surface area contributed by atoms with Crippen LogP contribution in [0.4, 0.5) is 0 Å². The van der Waals surface area contributed by atoms with Crippen LogP contribution in [0.5, 0.6) is 0 Å². The zero-order valence-corrected chi connectivity index (χ0v) is 17.2. The maximum atomic E-state index is 13.1. The largest absolute Gasteiger partial charge is 0.316 e. The summed E-state index contributed by atoms with van der Waals surface area (Å²) in [7, 11) is -3.39. The lowest BCUT2D eigenvalue weighted by Crippen LogP contribution is -2.50. The Labute approximate surface area is 161 Å². The van der Waals surface area contributed by atoms with Crippen molar-refractivity contribution in [3.63, 3.8) is 0 Å². The number of hydrogen-bond acceptors (Lipinski definition) is 5. The molecule has 0 aromatic carbocycles. The van der Waals surface area contributed by atoms with Crippen molar-refractivity contribution >= 4 is 15.9 Å². The molecule has 2 N–H and O–H groups in total. The van der Waals surface area contributed by atoms with E-state index >= 15 is 0 Å². The van der Waals surface area contributed by atoms with Crippen molar-refractivity contribution in [2.75, 3.05) is 6.54 Å². The smallest absolute Gasteiger partial charge is 0.230 e. The van der Waals surface area contributed by atoms with E-state index in [0.29, 0.717) is 19.4 Å². The second kappa shape index (κ2) is 6.83. The molecule has 0 radical (unpaired) electrons. The van der Waals surface area contributed by atoms with Crippen LogP contribution >= 0.6 is 0 Å². The number of allylic oxidation sites excluding steroid dienone is 1. The average Bonchev–Trinajstić information content (AvgIpc) is 3.17. The van der Waals surface area contributed by atoms with Crippen molar-refractivity contribution in [2.24, 2.45) is 11.8 Å². The first-order valence-electron chi connectivity index (χ1n) is 10.1. The molecule has 152 valence electrons. The maximum Gasteiger partial charge on any atom is 0.230 e. The van der Waals surface area contributed by atoms with E-state index in [-0.39, 0.29) is 35.4 Å². The third-order valence-corrected chi connectivity index (χ3v) is 8.71. The summed E-state index contributed by atoms with van der Waals surface area (Å²) in [6, 6.07) is 0.284. The van der Waals surface area contributed by atoms with E-state index < -0.39 is 15.3 Å². The van der Waals surface area contributed by atoms with Gasteiger partial charge in [0.1, 0.15) is 0 Å². The lowest BCUT2D eigenvalue weighted by molar-refractivity contribution is -0.138. The highest BCUT2D eigenvalue weighted by Gasteiger charge is 2.48. The molecule has 4 rings (SSSR count). The number of sulfonamides is 1. The van der Waals surface area contributed by atoms with Crippen LogP contribution in [0.25, 0.3) is 0 Å². The Bertz CT molecular complexity index is 746. The second-order valence-corrected chi connectivity index (χ2v) is 11.2. The SMILES string of the molecule is CC1=CN(CC2CC(C)NO2)C(=O)C2CC(S(=O)(=O)NC3(C)CC3)CCC12. The lowest BCUT2D eigenvalue weighted by Gasteiger charge is -2.42. The summed E-state index contributed by atoms with van der Waals surface area (Å²) in [6.45, 7) is 6.59. The number of rotatable bonds is 5. The van der Waals surface area contributed by atoms with Crippen molar-refractivity contribution < 1.29 is 18.0 Å². The Balaban J connectivity index is 1.47. The highest BCUT2D eigenvalue weighted by atomic mass is 32.2. The molecule has 2 saturated carbocycles. The predicted octanol–water partition coefficient (Wildman–Crippen LogP) is 1.67. The molecule has 27 heavy (non-hydrogen) atoms. The van der Waals surface area contributed by atoms with E-state index in [4.69, 9.17) is 4.84 Å². The summed E-state index contributed by atoms with van der Waals surface area (Å²) in [5, 5.41) is -0.475. The molecule has 5 atom stereocenters. The third kappa shape index (κ3) is 3.95. The average molecular weight is 398 g/mol. The molecule has 1 saturated heterocycles. The van der Waals surface area contributed by atoms with Crippen molar-refractivity contribution in [3.8, 4) is 0 Å². The van der Waals surface area contributed by atoms with E-state index in [9.17, 15) is 13.2 Å². The third-order valence-electron chi connectivity index (χ3n) is 6.63. The van der Waals surface area contributed by atoms with Gasteiger partial charge in [-0.2, -0.15) is 5.48 Å². The minimum Gasteiger partial charge on any atom is -0.316 e. The molecule has 2 aliphatic carbocycles. The van der Waals surface area contributed by atoms with Gasteiger partial charge in [0.15, 0.2) is 0 Å². The number of nitrogens with one attached hydrogen (secondary N) is 2. The summed E-state index contributed by atoms with van der Waals surface area (Å²) < 4.78 is 28.5. The van der Waals surface area contributed by atoms with Crippen molar-refractivity contribution in [1.82, 2.24) is 15.1 Å². The van der Waals surface area contributed by atoms with Crippen LogP contribution in [-0.2, 0) is 19.7 Å². The molecule has 0 aromatic heterocycles. The molecule has 2 aliphatic heterocycles. The Morgan fingerprint density at radius 3 is 2.67 bits per heavy atom. The quantitative estimate of drug-likeness (QED) is 0.737. The summed E-state index contributed by atoms with van der Waals surface area (Å²) in [4.78, 5) is 20.4. The number of carbonyl (C=O) groups is 1. The molecule has 0 aromatic rings. The van der Waals surface area contributed by atoms with Gasteiger partial charge in [-0.05, 0) is 65.2 Å². The summed E-state index contributed by atoms with van der Waals surface area (Å²) in [5.41, 5.74) is 3.86.